The highest BCUT2D eigenvalue weighted by Crippen LogP contribution is 2.22. The van der Waals surface area contributed by atoms with Crippen LogP contribution in [0.5, 0.6) is 0 Å². The van der Waals surface area contributed by atoms with E-state index >= 15 is 0 Å². The topological polar surface area (TPSA) is 49.4 Å². The Bertz CT molecular complexity index is 798. The number of amides is 2. The Morgan fingerprint density at radius 1 is 1.07 bits per heavy atom. The van der Waals surface area contributed by atoms with Gasteiger partial charge >= 0.3 is 0 Å². The van der Waals surface area contributed by atoms with Crippen molar-refractivity contribution in [2.75, 3.05) is 24.7 Å². The quantitative estimate of drug-likeness (QED) is 0.609. The van der Waals surface area contributed by atoms with E-state index in [9.17, 15) is 9.59 Å². The Hall–Kier alpha value is -1.79. The summed E-state index contributed by atoms with van der Waals surface area (Å²) in [5, 5.41) is 2.94. The molecule has 1 N–H and O–H groups in total. The van der Waals surface area contributed by atoms with Crippen molar-refractivity contribution >= 4 is 45.2 Å². The van der Waals surface area contributed by atoms with Gasteiger partial charge in [0.25, 0.3) is 0 Å². The normalized spacial score (nSPS) is 10.6. The monoisotopic (exact) mass is 448 g/mol. The van der Waals surface area contributed by atoms with Crippen LogP contribution in [0.4, 0.5) is 5.69 Å². The summed E-state index contributed by atoms with van der Waals surface area (Å²) in [6.07, 6.45) is 0.396. The van der Waals surface area contributed by atoms with Crippen molar-refractivity contribution in [3.05, 3.63) is 57.6 Å². The molecule has 2 aromatic carbocycles. The number of carbonyl (C=O) groups is 2. The van der Waals surface area contributed by atoms with Crippen molar-refractivity contribution in [3.63, 3.8) is 0 Å². The Labute approximate surface area is 173 Å². The molecule has 0 aromatic heterocycles. The molecule has 2 amide bonds. The smallest absolute Gasteiger partial charge is 0.243 e. The Balaban J connectivity index is 1.81. The zero-order valence-electron chi connectivity index (χ0n) is 16.1. The first-order valence-electron chi connectivity index (χ1n) is 8.76. The molecule has 0 atom stereocenters. The fourth-order valence-corrected chi connectivity index (χ4v) is 3.94. The van der Waals surface area contributed by atoms with Crippen LogP contribution in [0.15, 0.2) is 45.8 Å². The maximum atomic E-state index is 12.3. The van der Waals surface area contributed by atoms with Gasteiger partial charge in [0.05, 0.1) is 6.54 Å². The predicted octanol–water partition coefficient (Wildman–Crippen LogP) is 4.95. The summed E-state index contributed by atoms with van der Waals surface area (Å²) >= 11 is 5.04. The second-order valence-electron chi connectivity index (χ2n) is 6.62. The molecular formula is C21H25BrN2O2S. The van der Waals surface area contributed by atoms with Gasteiger partial charge < -0.3 is 10.2 Å². The van der Waals surface area contributed by atoms with Crippen molar-refractivity contribution in [1.82, 2.24) is 4.90 Å². The average molecular weight is 449 g/mol. The summed E-state index contributed by atoms with van der Waals surface area (Å²) in [4.78, 5) is 27.2. The summed E-state index contributed by atoms with van der Waals surface area (Å²) < 4.78 is 1.03. The van der Waals surface area contributed by atoms with Crippen LogP contribution in [0.3, 0.4) is 0 Å². The predicted molar refractivity (Wildman–Crippen MR) is 116 cm³/mol. The molecule has 6 heteroatoms. The lowest BCUT2D eigenvalue weighted by molar-refractivity contribution is -0.132. The lowest BCUT2D eigenvalue weighted by Crippen LogP contribution is -2.35. The number of hydrogen-bond donors (Lipinski definition) is 1. The third kappa shape index (κ3) is 6.70. The first-order chi connectivity index (χ1) is 12.8. The van der Waals surface area contributed by atoms with Crippen LogP contribution in [0, 0.1) is 20.8 Å². The number of thioether (sulfide) groups is 1. The van der Waals surface area contributed by atoms with Gasteiger partial charge in [0.2, 0.25) is 11.8 Å². The molecule has 2 aromatic rings. The molecule has 0 bridgehead atoms. The number of nitrogens with zero attached hydrogens (tertiary/aromatic N) is 1. The van der Waals surface area contributed by atoms with Crippen molar-refractivity contribution in [1.29, 1.82) is 0 Å². The number of halogens is 1. The maximum Gasteiger partial charge on any atom is 0.243 e. The molecule has 2 rings (SSSR count). The van der Waals surface area contributed by atoms with E-state index < -0.39 is 0 Å². The fourth-order valence-electron chi connectivity index (χ4n) is 2.84. The number of benzene rings is 2. The molecule has 0 fully saturated rings. The van der Waals surface area contributed by atoms with E-state index in [1.165, 1.54) is 10.5 Å². The molecule has 4 nitrogen and oxygen atoms in total. The van der Waals surface area contributed by atoms with Gasteiger partial charge in [-0.25, -0.2) is 0 Å². The first kappa shape index (κ1) is 21.5. The molecule has 27 heavy (non-hydrogen) atoms. The summed E-state index contributed by atoms with van der Waals surface area (Å²) in [6.45, 7) is 6.03. The molecule has 0 aliphatic heterocycles. The average Bonchev–Trinajstić information content (AvgIpc) is 2.59. The molecule has 0 unspecified atom stereocenters. The number of rotatable bonds is 7. The second kappa shape index (κ2) is 9.95. The van der Waals surface area contributed by atoms with Crippen LogP contribution in [-0.4, -0.2) is 36.1 Å². The molecule has 0 saturated heterocycles. The highest BCUT2D eigenvalue weighted by Gasteiger charge is 2.14. The second-order valence-corrected chi connectivity index (χ2v) is 8.71. The van der Waals surface area contributed by atoms with Crippen molar-refractivity contribution in [2.24, 2.45) is 0 Å². The van der Waals surface area contributed by atoms with Gasteiger partial charge in [-0.05, 0) is 56.2 Å². The van der Waals surface area contributed by atoms with Crippen LogP contribution in [0.25, 0.3) is 0 Å². The van der Waals surface area contributed by atoms with Gasteiger partial charge in [-0.2, -0.15) is 0 Å². The van der Waals surface area contributed by atoms with Crippen LogP contribution in [0.2, 0.25) is 0 Å². The summed E-state index contributed by atoms with van der Waals surface area (Å²) in [5.74, 6) is 0.469. The number of aryl methyl sites for hydroxylation is 3. The standard InChI is InChI=1S/C21H25BrN2O2S/c1-14-11-15(2)21(16(3)12-14)23-19(25)13-24(4)20(26)9-10-27-18-7-5-17(22)6-8-18/h5-8,11-12H,9-10,13H2,1-4H3,(H,23,25). The Morgan fingerprint density at radius 3 is 2.26 bits per heavy atom. The third-order valence-electron chi connectivity index (χ3n) is 4.15. The van der Waals surface area contributed by atoms with Gasteiger partial charge in [-0.1, -0.05) is 33.6 Å². The van der Waals surface area contributed by atoms with Crippen LogP contribution >= 0.6 is 27.7 Å². The SMILES string of the molecule is Cc1cc(C)c(NC(=O)CN(C)C(=O)CCSc2ccc(Br)cc2)c(C)c1. The maximum absolute atomic E-state index is 12.3. The molecule has 0 aliphatic rings. The van der Waals surface area contributed by atoms with Gasteiger partial charge in [-0.15, -0.1) is 11.8 Å². The minimum atomic E-state index is -0.179. The number of hydrogen-bond acceptors (Lipinski definition) is 3. The largest absolute Gasteiger partial charge is 0.336 e. The van der Waals surface area contributed by atoms with Gasteiger partial charge in [0.15, 0.2) is 0 Å². The number of nitrogens with one attached hydrogen (secondary N) is 1. The summed E-state index contributed by atoms with van der Waals surface area (Å²) in [6, 6.07) is 12.1. The van der Waals surface area contributed by atoms with Crippen molar-refractivity contribution in [2.45, 2.75) is 32.1 Å². The van der Waals surface area contributed by atoms with E-state index in [-0.39, 0.29) is 18.4 Å². The van der Waals surface area contributed by atoms with Crippen molar-refractivity contribution < 1.29 is 9.59 Å². The zero-order chi connectivity index (χ0) is 20.0. The highest BCUT2D eigenvalue weighted by atomic mass is 79.9. The molecule has 0 heterocycles. The zero-order valence-corrected chi connectivity index (χ0v) is 18.5. The van der Waals surface area contributed by atoms with Gasteiger partial charge in [0, 0.05) is 34.3 Å². The number of carbonyl (C=O) groups excluding carboxylic acids is 2. The van der Waals surface area contributed by atoms with E-state index in [0.717, 1.165) is 26.2 Å². The minimum Gasteiger partial charge on any atom is -0.336 e. The van der Waals surface area contributed by atoms with Crippen LogP contribution in [0.1, 0.15) is 23.1 Å². The molecule has 0 aliphatic carbocycles. The van der Waals surface area contributed by atoms with E-state index in [2.05, 4.69) is 21.2 Å². The van der Waals surface area contributed by atoms with Crippen molar-refractivity contribution in [3.8, 4) is 0 Å². The molecule has 144 valence electrons. The molecule has 0 saturated carbocycles. The molecular weight excluding hydrogens is 424 g/mol. The lowest BCUT2D eigenvalue weighted by atomic mass is 10.1. The van der Waals surface area contributed by atoms with E-state index in [1.807, 2.05) is 57.2 Å². The van der Waals surface area contributed by atoms with Crippen LogP contribution < -0.4 is 5.32 Å². The van der Waals surface area contributed by atoms with Crippen LogP contribution in [-0.2, 0) is 9.59 Å². The summed E-state index contributed by atoms with van der Waals surface area (Å²) in [5.41, 5.74) is 4.05. The third-order valence-corrected chi connectivity index (χ3v) is 5.69. The fraction of sp³-hybridized carbons (Fsp3) is 0.333. The number of likely N-dealkylation sites (N-methyl/N-ethyl adjacent to an activating group) is 1. The highest BCUT2D eigenvalue weighted by molar-refractivity contribution is 9.10. The Morgan fingerprint density at radius 2 is 1.67 bits per heavy atom. The first-order valence-corrected chi connectivity index (χ1v) is 10.5. The molecule has 0 radical (unpaired) electrons. The van der Waals surface area contributed by atoms with Gasteiger partial charge in [0.1, 0.15) is 0 Å². The molecule has 0 spiro atoms. The van der Waals surface area contributed by atoms with Gasteiger partial charge in [-0.3, -0.25) is 9.59 Å². The minimum absolute atomic E-state index is 0.0351. The number of anilines is 1. The lowest BCUT2D eigenvalue weighted by Gasteiger charge is -2.18. The summed E-state index contributed by atoms with van der Waals surface area (Å²) in [7, 11) is 1.67. The van der Waals surface area contributed by atoms with E-state index in [1.54, 1.807) is 18.8 Å². The Kier molecular flexibility index (Phi) is 7.92. The van der Waals surface area contributed by atoms with E-state index in [4.69, 9.17) is 0 Å². The van der Waals surface area contributed by atoms with E-state index in [0.29, 0.717) is 12.2 Å².